The summed E-state index contributed by atoms with van der Waals surface area (Å²) in [6.07, 6.45) is 0. The monoisotopic (exact) mass is 787 g/mol. The Hall–Kier alpha value is -8.00. The van der Waals surface area contributed by atoms with Crippen LogP contribution in [0.2, 0.25) is 0 Å². The lowest BCUT2D eigenvalue weighted by Gasteiger charge is -2.18. The molecule has 1 heterocycles. The van der Waals surface area contributed by atoms with Gasteiger partial charge in [-0.05, 0) is 156 Å². The Morgan fingerprint density at radius 1 is 0.279 bits per heavy atom. The van der Waals surface area contributed by atoms with E-state index in [0.29, 0.717) is 49.8 Å². The van der Waals surface area contributed by atoms with Crippen LogP contribution in [-0.4, -0.2) is 0 Å². The molecular formula is C60H34O. The van der Waals surface area contributed by atoms with E-state index in [4.69, 9.17) is 16.8 Å². The van der Waals surface area contributed by atoms with Gasteiger partial charge in [0, 0.05) is 10.8 Å². The average molecular weight is 788 g/mol. The van der Waals surface area contributed by atoms with Crippen LogP contribution in [0.4, 0.5) is 0 Å². The van der Waals surface area contributed by atoms with Crippen molar-refractivity contribution < 1.29 is 27.7 Å². The molecule has 0 saturated carbocycles. The summed E-state index contributed by atoms with van der Waals surface area (Å²) in [5.41, 5.74) is 4.84. The number of para-hydroxylation sites is 1. The lowest BCUT2D eigenvalue weighted by atomic mass is 9.85. The normalized spacial score (nSPS) is 16.2. The Labute approximate surface area is 374 Å². The molecule has 0 atom stereocenters. The van der Waals surface area contributed by atoms with Gasteiger partial charge in [0.1, 0.15) is 11.2 Å². The molecule has 14 rings (SSSR count). The fourth-order valence-corrected chi connectivity index (χ4v) is 9.37. The summed E-state index contributed by atoms with van der Waals surface area (Å²) in [6, 6.07) is 24.1. The van der Waals surface area contributed by atoms with Gasteiger partial charge in [0.25, 0.3) is 0 Å². The zero-order valence-electron chi connectivity index (χ0n) is 48.7. The van der Waals surface area contributed by atoms with Crippen LogP contribution in [-0.2, 0) is 0 Å². The lowest BCUT2D eigenvalue weighted by molar-refractivity contribution is 0.669. The first-order chi connectivity index (χ1) is 37.3. The summed E-state index contributed by atoms with van der Waals surface area (Å²) >= 11 is 0. The first-order valence-electron chi connectivity index (χ1n) is 28.3. The molecule has 0 N–H and O–H groups in total. The molecule has 61 heavy (non-hydrogen) atoms. The van der Waals surface area contributed by atoms with E-state index in [-0.39, 0.29) is 118 Å². The molecule has 0 fully saturated rings. The molecule has 14 aromatic rings. The highest BCUT2D eigenvalue weighted by atomic mass is 16.3. The molecule has 0 spiro atoms. The lowest BCUT2D eigenvalue weighted by Crippen LogP contribution is -1.91. The second kappa shape index (κ2) is 12.3. The van der Waals surface area contributed by atoms with Gasteiger partial charge in [0.15, 0.2) is 0 Å². The van der Waals surface area contributed by atoms with E-state index in [2.05, 4.69) is 0 Å². The van der Waals surface area contributed by atoms with Crippen LogP contribution in [0.3, 0.4) is 0 Å². The molecule has 0 aliphatic heterocycles. The molecule has 13 aromatic carbocycles. The zero-order valence-corrected chi connectivity index (χ0v) is 31.7. The number of rotatable bonds is 4. The quantitative estimate of drug-likeness (QED) is 0.162. The third-order valence-corrected chi connectivity index (χ3v) is 12.1. The van der Waals surface area contributed by atoms with Crippen molar-refractivity contribution in [2.45, 2.75) is 0 Å². The Balaban J connectivity index is 1.09. The van der Waals surface area contributed by atoms with E-state index < -0.39 is 60.4 Å². The van der Waals surface area contributed by atoms with Crippen molar-refractivity contribution in [2.75, 3.05) is 0 Å². The first-order valence-corrected chi connectivity index (χ1v) is 19.8. The minimum atomic E-state index is -0.561. The summed E-state index contributed by atoms with van der Waals surface area (Å²) in [4.78, 5) is 0. The van der Waals surface area contributed by atoms with E-state index in [1.807, 2.05) is 84.9 Å². The van der Waals surface area contributed by atoms with E-state index >= 15 is 0 Å². The van der Waals surface area contributed by atoms with Gasteiger partial charge in [-0.1, -0.05) is 169 Å². The predicted molar refractivity (Wildman–Crippen MR) is 260 cm³/mol. The highest BCUT2D eigenvalue weighted by Crippen LogP contribution is 2.46. The highest BCUT2D eigenvalue weighted by molar-refractivity contribution is 6.27. The molecule has 1 heteroatoms. The summed E-state index contributed by atoms with van der Waals surface area (Å²) < 4.78 is 162. The van der Waals surface area contributed by atoms with Crippen molar-refractivity contribution in [3.8, 4) is 44.5 Å². The maximum Gasteiger partial charge on any atom is 0.135 e. The van der Waals surface area contributed by atoms with E-state index in [9.17, 15) is 11.0 Å². The average Bonchev–Trinajstić information content (AvgIpc) is 3.83. The van der Waals surface area contributed by atoms with Crippen molar-refractivity contribution in [1.29, 1.82) is 0 Å². The predicted octanol–water partition coefficient (Wildman–Crippen LogP) is 17.2. The Kier molecular flexibility index (Phi) is 4.18. The number of fused-ring (bicyclic) bond motifs is 4. The molecule has 0 amide bonds. The van der Waals surface area contributed by atoms with Crippen LogP contribution in [0, 0.1) is 0 Å². The molecule has 0 aliphatic carbocycles. The van der Waals surface area contributed by atoms with Crippen molar-refractivity contribution in [1.82, 2.24) is 0 Å². The standard InChI is InChI=1S/C60H34O/c1-2-12-48-47(11-1)45(28-29-49(48)50-25-20-40-18-16-36-8-6-10-38-22-27-53(50)60(40)58(36)38)43-31-42(41-23-30-56-54(34-41)51-13-3-4-14-55(51)61-56)32-44(33-43)46-24-19-39-17-15-35-7-5-9-37-21-26-52(46)59(39)57(35)37/h1-34H/i5D,6D,8D,9D,10D,15D,16D,17D,18D,19D,20D,21D,22D,24D,25D,26D,27D. The van der Waals surface area contributed by atoms with Crippen LogP contribution >= 0.6 is 0 Å². The number of hydrogen-bond acceptors (Lipinski definition) is 1. The van der Waals surface area contributed by atoms with E-state index in [0.717, 1.165) is 16.3 Å². The van der Waals surface area contributed by atoms with Crippen LogP contribution in [0.25, 0.3) is 142 Å². The topological polar surface area (TPSA) is 13.1 Å². The first kappa shape index (κ1) is 20.8. The van der Waals surface area contributed by atoms with Gasteiger partial charge >= 0.3 is 0 Å². The van der Waals surface area contributed by atoms with Crippen molar-refractivity contribution in [2.24, 2.45) is 0 Å². The third-order valence-electron chi connectivity index (χ3n) is 12.1. The van der Waals surface area contributed by atoms with Gasteiger partial charge in [-0.3, -0.25) is 0 Å². The fraction of sp³-hybridized carbons (Fsp3) is 0. The number of benzene rings is 13. The molecule has 1 nitrogen and oxygen atoms in total. The van der Waals surface area contributed by atoms with Crippen molar-refractivity contribution >= 4 is 97.3 Å². The summed E-state index contributed by atoms with van der Waals surface area (Å²) in [5.74, 6) is 0. The van der Waals surface area contributed by atoms with Gasteiger partial charge in [0.2, 0.25) is 0 Å². The molecule has 0 radical (unpaired) electrons. The van der Waals surface area contributed by atoms with Gasteiger partial charge in [-0.15, -0.1) is 0 Å². The maximum atomic E-state index is 9.75. The molecule has 280 valence electrons. The fourth-order valence-electron chi connectivity index (χ4n) is 9.37. The minimum absolute atomic E-state index is 0.0240. The van der Waals surface area contributed by atoms with Crippen LogP contribution in [0.15, 0.2) is 210 Å². The van der Waals surface area contributed by atoms with Crippen LogP contribution in [0.5, 0.6) is 0 Å². The molecule has 0 unspecified atom stereocenters. The Morgan fingerprint density at radius 3 is 1.57 bits per heavy atom. The van der Waals surface area contributed by atoms with Gasteiger partial charge in [-0.2, -0.15) is 0 Å². The van der Waals surface area contributed by atoms with Crippen LogP contribution in [0.1, 0.15) is 23.3 Å². The largest absolute Gasteiger partial charge is 0.456 e. The zero-order chi connectivity index (χ0) is 54.6. The second-order valence-electron chi connectivity index (χ2n) is 15.4. The van der Waals surface area contributed by atoms with Gasteiger partial charge < -0.3 is 4.42 Å². The van der Waals surface area contributed by atoms with Crippen molar-refractivity contribution in [3.05, 3.63) is 206 Å². The van der Waals surface area contributed by atoms with Gasteiger partial charge in [-0.25, -0.2) is 0 Å². The number of hydrogen-bond donors (Lipinski definition) is 0. The van der Waals surface area contributed by atoms with E-state index in [1.165, 1.54) is 6.07 Å². The summed E-state index contributed by atoms with van der Waals surface area (Å²) in [6.45, 7) is 0. The Morgan fingerprint density at radius 2 is 0.803 bits per heavy atom. The number of furan rings is 1. The molecule has 1 aromatic heterocycles. The molecule has 0 aliphatic rings. The van der Waals surface area contributed by atoms with E-state index in [1.54, 1.807) is 12.1 Å². The summed E-state index contributed by atoms with van der Waals surface area (Å²) in [5, 5.41) is 3.00. The van der Waals surface area contributed by atoms with Crippen LogP contribution < -0.4 is 0 Å². The highest BCUT2D eigenvalue weighted by Gasteiger charge is 2.19. The van der Waals surface area contributed by atoms with Gasteiger partial charge in [0.05, 0.1) is 23.3 Å². The minimum Gasteiger partial charge on any atom is -0.456 e. The Bertz CT molecular complexity index is 5100. The smallest absolute Gasteiger partial charge is 0.135 e. The molecule has 0 saturated heterocycles. The van der Waals surface area contributed by atoms with Crippen molar-refractivity contribution in [3.63, 3.8) is 0 Å². The molecular weight excluding hydrogens is 737 g/mol. The summed E-state index contributed by atoms with van der Waals surface area (Å²) in [7, 11) is 0. The second-order valence-corrected chi connectivity index (χ2v) is 15.4. The third kappa shape index (κ3) is 4.72. The maximum absolute atomic E-state index is 9.75. The molecule has 0 bridgehead atoms. The SMILES string of the molecule is [2H]c1cc2c([2H])c([2H])c3c([2H])c([2H])c(-c4cc(-c5ccc6oc7ccccc7c6c5)cc(-c5ccc(-c6c([2H])c([2H])c7c([2H])c([2H])c8c([2H])c([2H])c([2H])c9c([2H])c([2H])c6c7c89)c6ccccc56)c4)c4c([2H])c([2H])c(c1[2H])c2c34.